The Hall–Kier alpha value is 0.566. The summed E-state index contributed by atoms with van der Waals surface area (Å²) in [5, 5.41) is 8.42. The van der Waals surface area contributed by atoms with Gasteiger partial charge in [0.05, 0.1) is 6.61 Å². The molecule has 0 aliphatic heterocycles. The van der Waals surface area contributed by atoms with E-state index in [2.05, 4.69) is 4.18 Å². The summed E-state index contributed by atoms with van der Waals surface area (Å²) in [6, 6.07) is 8.17. The van der Waals surface area contributed by atoms with Gasteiger partial charge in [0.1, 0.15) is 11.5 Å². The monoisotopic (exact) mass is 241 g/mol. The Balaban J connectivity index is 0.00000169. The average Bonchev–Trinajstić information content (AvgIpc) is 2.04. The molecule has 0 saturated heterocycles. The Morgan fingerprint density at radius 3 is 2.29 bits per heavy atom. The third-order valence-corrected chi connectivity index (χ3v) is 2.44. The van der Waals surface area contributed by atoms with Gasteiger partial charge in [-0.15, -0.1) is 0 Å². The van der Waals surface area contributed by atoms with Crippen molar-refractivity contribution in [1.29, 1.82) is 0 Å². The molecular weight excluding hydrogens is 231 g/mol. The number of aliphatic hydroxyl groups excluding tert-OH is 1. The molecule has 0 heterocycles. The minimum atomic E-state index is -3.63. The zero-order valence-corrected chi connectivity index (χ0v) is 11.8. The molecule has 0 saturated carbocycles. The molecule has 0 aliphatic carbocycles. The van der Waals surface area contributed by atoms with Gasteiger partial charge in [-0.1, -0.05) is 18.2 Å². The fraction of sp³-hybridized carbons (Fsp3) is 0.250. The van der Waals surface area contributed by atoms with E-state index in [1.165, 1.54) is 12.1 Å². The molecule has 0 unspecified atom stereocenters. The van der Waals surface area contributed by atoms with Crippen LogP contribution in [-0.2, 0) is 10.1 Å². The molecule has 1 rings (SSSR count). The first-order chi connectivity index (χ1) is 6.14. The Morgan fingerprint density at radius 1 is 1.21 bits per heavy atom. The van der Waals surface area contributed by atoms with Gasteiger partial charge in [0, 0.05) is 0 Å². The van der Waals surface area contributed by atoms with Crippen LogP contribution in [0.3, 0.4) is 0 Å². The quantitative estimate of drug-likeness (QED) is 0.463. The number of para-hydroxylation sites is 1. The summed E-state index contributed by atoms with van der Waals surface area (Å²) in [6.07, 6.45) is 0. The zero-order chi connectivity index (χ0) is 9.73. The van der Waals surface area contributed by atoms with E-state index in [9.17, 15) is 8.42 Å². The van der Waals surface area contributed by atoms with Gasteiger partial charge in [0.15, 0.2) is 0 Å². The van der Waals surface area contributed by atoms with Crippen molar-refractivity contribution in [2.24, 2.45) is 0 Å². The summed E-state index contributed by atoms with van der Waals surface area (Å²) < 4.78 is 26.7. The largest absolute Gasteiger partial charge is 1.00 e. The molecule has 1 aromatic carbocycles. The maximum Gasteiger partial charge on any atom is 1.00 e. The Morgan fingerprint density at radius 2 is 1.79 bits per heavy atom. The van der Waals surface area contributed by atoms with Gasteiger partial charge in [0.2, 0.25) is 0 Å². The first-order valence-corrected chi connectivity index (χ1v) is 5.30. The SMILES string of the molecule is O=S(=O)(CCO)Oc1ccccc1.[K+]. The first kappa shape index (κ1) is 14.6. The summed E-state index contributed by atoms with van der Waals surface area (Å²) in [7, 11) is -3.63. The second-order valence-electron chi connectivity index (χ2n) is 2.38. The minimum Gasteiger partial charge on any atom is -0.395 e. The Bertz CT molecular complexity index is 349. The predicted molar refractivity (Wildman–Crippen MR) is 47.9 cm³/mol. The van der Waals surface area contributed by atoms with Crippen LogP contribution >= 0.6 is 0 Å². The molecule has 0 spiro atoms. The van der Waals surface area contributed by atoms with Crippen LogP contribution in [0.1, 0.15) is 0 Å². The van der Waals surface area contributed by atoms with E-state index in [4.69, 9.17) is 5.11 Å². The minimum absolute atomic E-state index is 0. The summed E-state index contributed by atoms with van der Waals surface area (Å²) in [4.78, 5) is 0. The average molecular weight is 241 g/mol. The van der Waals surface area contributed by atoms with Crippen molar-refractivity contribution in [3.05, 3.63) is 30.3 Å². The van der Waals surface area contributed by atoms with Crippen molar-refractivity contribution in [1.82, 2.24) is 0 Å². The molecule has 72 valence electrons. The molecule has 1 N–H and O–H groups in total. The third-order valence-electron chi connectivity index (χ3n) is 1.31. The van der Waals surface area contributed by atoms with Gasteiger partial charge < -0.3 is 9.29 Å². The van der Waals surface area contributed by atoms with E-state index >= 15 is 0 Å². The number of aliphatic hydroxyl groups is 1. The van der Waals surface area contributed by atoms with Crippen molar-refractivity contribution in [3.8, 4) is 5.75 Å². The van der Waals surface area contributed by atoms with Crippen molar-refractivity contribution in [3.63, 3.8) is 0 Å². The van der Waals surface area contributed by atoms with Crippen LogP contribution in [0.5, 0.6) is 5.75 Å². The van der Waals surface area contributed by atoms with Crippen LogP contribution in [0.15, 0.2) is 30.3 Å². The van der Waals surface area contributed by atoms with E-state index in [1.54, 1.807) is 18.2 Å². The maximum absolute atomic E-state index is 11.0. The molecular formula is C8H10KO4S+. The van der Waals surface area contributed by atoms with Gasteiger partial charge >= 0.3 is 61.5 Å². The molecule has 0 amide bonds. The molecule has 0 aromatic heterocycles. The van der Waals surface area contributed by atoms with Crippen LogP contribution in [0.25, 0.3) is 0 Å². The van der Waals surface area contributed by atoms with Crippen LogP contribution in [0.2, 0.25) is 0 Å². The standard InChI is InChI=1S/C8H10O4S.K/c9-6-7-13(10,11)12-8-4-2-1-3-5-8;/h1-5,9H,6-7H2;/q;+1. The van der Waals surface area contributed by atoms with E-state index in [0.717, 1.165) is 0 Å². The molecule has 0 fully saturated rings. The summed E-state index contributed by atoms with van der Waals surface area (Å²) in [6.45, 7) is -0.435. The fourth-order valence-corrected chi connectivity index (χ4v) is 1.49. The summed E-state index contributed by atoms with van der Waals surface area (Å²) in [5.41, 5.74) is 0. The van der Waals surface area contributed by atoms with Gasteiger partial charge in [-0.3, -0.25) is 0 Å². The van der Waals surface area contributed by atoms with Crippen molar-refractivity contribution >= 4 is 10.1 Å². The Labute approximate surface area is 126 Å². The summed E-state index contributed by atoms with van der Waals surface area (Å²) in [5.74, 6) is -0.127. The van der Waals surface area contributed by atoms with Crippen molar-refractivity contribution in [2.75, 3.05) is 12.4 Å². The number of rotatable bonds is 4. The number of benzene rings is 1. The third kappa shape index (κ3) is 5.45. The maximum atomic E-state index is 11.0. The van der Waals surface area contributed by atoms with Crippen LogP contribution < -0.4 is 55.6 Å². The van der Waals surface area contributed by atoms with Crippen molar-refractivity contribution in [2.45, 2.75) is 0 Å². The molecule has 0 aliphatic rings. The molecule has 6 heteroatoms. The zero-order valence-electron chi connectivity index (χ0n) is 7.88. The van der Waals surface area contributed by atoms with E-state index in [-0.39, 0.29) is 62.9 Å². The van der Waals surface area contributed by atoms with Crippen LogP contribution in [0.4, 0.5) is 0 Å². The van der Waals surface area contributed by atoms with Gasteiger partial charge in [-0.05, 0) is 12.1 Å². The van der Waals surface area contributed by atoms with E-state index in [1.807, 2.05) is 0 Å². The normalized spacial score (nSPS) is 10.4. The molecule has 1 aromatic rings. The van der Waals surface area contributed by atoms with Gasteiger partial charge in [-0.2, -0.15) is 8.42 Å². The predicted octanol–water partition coefficient (Wildman–Crippen LogP) is -2.61. The van der Waals surface area contributed by atoms with E-state index < -0.39 is 16.7 Å². The van der Waals surface area contributed by atoms with Crippen molar-refractivity contribution < 1.29 is 69.1 Å². The smallest absolute Gasteiger partial charge is 0.395 e. The molecule has 4 nitrogen and oxygen atoms in total. The molecule has 14 heavy (non-hydrogen) atoms. The number of hydrogen-bond acceptors (Lipinski definition) is 4. The number of hydrogen-bond donors (Lipinski definition) is 1. The molecule has 0 bridgehead atoms. The van der Waals surface area contributed by atoms with E-state index in [0.29, 0.717) is 0 Å². The Kier molecular flexibility index (Phi) is 7.22. The van der Waals surface area contributed by atoms with Gasteiger partial charge in [0.25, 0.3) is 0 Å². The molecule has 0 radical (unpaired) electrons. The summed E-state index contributed by atoms with van der Waals surface area (Å²) >= 11 is 0. The fourth-order valence-electron chi connectivity index (χ4n) is 0.776. The van der Waals surface area contributed by atoms with Gasteiger partial charge in [-0.25, -0.2) is 0 Å². The second-order valence-corrected chi connectivity index (χ2v) is 4.07. The van der Waals surface area contributed by atoms with Crippen LogP contribution in [0, 0.1) is 0 Å². The first-order valence-electron chi connectivity index (χ1n) is 3.72. The molecule has 0 atom stereocenters. The second kappa shape index (κ2) is 6.94. The van der Waals surface area contributed by atoms with Crippen LogP contribution in [-0.4, -0.2) is 25.9 Å². The topological polar surface area (TPSA) is 63.6 Å².